The van der Waals surface area contributed by atoms with Crippen LogP contribution in [0.3, 0.4) is 0 Å². The number of non-ortho nitro benzene ring substituents is 1. The second kappa shape index (κ2) is 5.47. The highest BCUT2D eigenvalue weighted by Crippen LogP contribution is 2.31. The van der Waals surface area contributed by atoms with Crippen molar-refractivity contribution in [2.24, 2.45) is 0 Å². The number of rotatable bonds is 4. The van der Waals surface area contributed by atoms with Crippen LogP contribution < -0.4 is 0 Å². The molecule has 0 radical (unpaired) electrons. The van der Waals surface area contributed by atoms with Gasteiger partial charge in [0.1, 0.15) is 5.69 Å². The number of aliphatic hydroxyl groups excluding tert-OH is 1. The summed E-state index contributed by atoms with van der Waals surface area (Å²) in [5.74, 6) is 0. The Balaban J connectivity index is 1.86. The van der Waals surface area contributed by atoms with Crippen molar-refractivity contribution in [3.63, 3.8) is 0 Å². The maximum Gasteiger partial charge on any atom is 0.270 e. The first-order valence-electron chi connectivity index (χ1n) is 7.50. The lowest BCUT2D eigenvalue weighted by Gasteiger charge is -2.04. The van der Waals surface area contributed by atoms with Gasteiger partial charge in [-0.15, -0.1) is 0 Å². The molecule has 0 bridgehead atoms. The number of aromatic amines is 1. The highest BCUT2D eigenvalue weighted by atomic mass is 16.6. The molecular weight excluding hydrogens is 308 g/mol. The number of fused-ring (bicyclic) bond motifs is 2. The molecule has 0 saturated carbocycles. The fraction of sp³-hybridized carbons (Fsp3) is 0.118. The molecule has 2 heterocycles. The molecule has 2 aromatic heterocycles. The molecule has 7 heteroatoms. The number of H-pyrrole nitrogens is 1. The van der Waals surface area contributed by atoms with E-state index in [1.165, 1.54) is 12.1 Å². The van der Waals surface area contributed by atoms with Gasteiger partial charge in [-0.25, -0.2) is 0 Å². The second-order valence-corrected chi connectivity index (χ2v) is 5.57. The summed E-state index contributed by atoms with van der Waals surface area (Å²) in [6.07, 6.45) is 1.93. The first kappa shape index (κ1) is 14.4. The van der Waals surface area contributed by atoms with E-state index in [2.05, 4.69) is 10.2 Å². The molecule has 24 heavy (non-hydrogen) atoms. The number of nitrogens with zero attached hydrogens (tertiary/aromatic N) is 3. The molecule has 7 nitrogen and oxygen atoms in total. The molecule has 0 aliphatic heterocycles. The second-order valence-electron chi connectivity index (χ2n) is 5.57. The van der Waals surface area contributed by atoms with Gasteiger partial charge in [0.2, 0.25) is 0 Å². The Bertz CT molecular complexity index is 1060. The van der Waals surface area contributed by atoms with Crippen LogP contribution in [0.15, 0.2) is 48.7 Å². The van der Waals surface area contributed by atoms with E-state index in [0.29, 0.717) is 12.2 Å². The van der Waals surface area contributed by atoms with Crippen molar-refractivity contribution in [2.45, 2.75) is 6.54 Å². The van der Waals surface area contributed by atoms with Gasteiger partial charge in [-0.1, -0.05) is 6.07 Å². The highest BCUT2D eigenvalue weighted by molar-refractivity contribution is 5.96. The molecule has 0 fully saturated rings. The van der Waals surface area contributed by atoms with E-state index in [9.17, 15) is 10.1 Å². The van der Waals surface area contributed by atoms with Gasteiger partial charge >= 0.3 is 0 Å². The van der Waals surface area contributed by atoms with Gasteiger partial charge in [0.25, 0.3) is 5.69 Å². The van der Waals surface area contributed by atoms with E-state index in [0.717, 1.165) is 27.4 Å². The minimum absolute atomic E-state index is 0.0420. The smallest absolute Gasteiger partial charge is 0.270 e. The van der Waals surface area contributed by atoms with Crippen LogP contribution in [0.4, 0.5) is 5.69 Å². The van der Waals surface area contributed by atoms with Crippen LogP contribution >= 0.6 is 0 Å². The largest absolute Gasteiger partial charge is 0.395 e. The van der Waals surface area contributed by atoms with Crippen LogP contribution in [0.25, 0.3) is 33.1 Å². The van der Waals surface area contributed by atoms with Gasteiger partial charge < -0.3 is 9.67 Å². The first-order valence-corrected chi connectivity index (χ1v) is 7.50. The number of nitro benzene ring substituents is 1. The summed E-state index contributed by atoms with van der Waals surface area (Å²) in [5.41, 5.74) is 3.40. The molecular formula is C17H14N4O3. The van der Waals surface area contributed by atoms with Crippen molar-refractivity contribution >= 4 is 27.5 Å². The Kier molecular flexibility index (Phi) is 3.28. The minimum Gasteiger partial charge on any atom is -0.395 e. The Hall–Kier alpha value is -3.19. The van der Waals surface area contributed by atoms with Gasteiger partial charge in [-0.2, -0.15) is 5.10 Å². The standard InChI is InChI=1S/C17H14N4O3/c22-8-7-20-6-5-11-9-12(1-4-16(11)20)17-14-10-13(21(23)24)2-3-15(14)18-19-17/h1-6,9-10,22H,7-8H2,(H,18,19). The predicted molar refractivity (Wildman–Crippen MR) is 90.8 cm³/mol. The van der Waals surface area contributed by atoms with Gasteiger partial charge in [0.15, 0.2) is 0 Å². The lowest BCUT2D eigenvalue weighted by molar-refractivity contribution is -0.384. The van der Waals surface area contributed by atoms with Gasteiger partial charge in [0.05, 0.1) is 17.0 Å². The van der Waals surface area contributed by atoms with E-state index in [-0.39, 0.29) is 12.3 Å². The van der Waals surface area contributed by atoms with E-state index in [1.54, 1.807) is 6.07 Å². The zero-order chi connectivity index (χ0) is 16.7. The molecule has 2 aromatic carbocycles. The van der Waals surface area contributed by atoms with Crippen LogP contribution in [0.5, 0.6) is 0 Å². The monoisotopic (exact) mass is 322 g/mol. The van der Waals surface area contributed by atoms with Crippen molar-refractivity contribution in [1.29, 1.82) is 0 Å². The van der Waals surface area contributed by atoms with Crippen molar-refractivity contribution in [1.82, 2.24) is 14.8 Å². The molecule has 2 N–H and O–H groups in total. The van der Waals surface area contributed by atoms with Crippen molar-refractivity contribution in [3.05, 3.63) is 58.8 Å². The van der Waals surface area contributed by atoms with Crippen molar-refractivity contribution in [3.8, 4) is 11.3 Å². The normalized spacial score (nSPS) is 11.4. The Morgan fingerprint density at radius 1 is 1.21 bits per heavy atom. The number of nitro groups is 1. The quantitative estimate of drug-likeness (QED) is 0.445. The summed E-state index contributed by atoms with van der Waals surface area (Å²) in [5, 5.41) is 29.1. The summed E-state index contributed by atoms with van der Waals surface area (Å²) in [4.78, 5) is 10.6. The number of hydrogen-bond donors (Lipinski definition) is 2. The van der Waals surface area contributed by atoms with Crippen molar-refractivity contribution < 1.29 is 10.0 Å². The maximum absolute atomic E-state index is 11.0. The molecule has 0 saturated heterocycles. The lowest BCUT2D eigenvalue weighted by atomic mass is 10.1. The number of benzene rings is 2. The zero-order valence-electron chi connectivity index (χ0n) is 12.6. The molecule has 0 atom stereocenters. The fourth-order valence-electron chi connectivity index (χ4n) is 2.99. The van der Waals surface area contributed by atoms with Crippen LogP contribution in [-0.2, 0) is 6.54 Å². The fourth-order valence-corrected chi connectivity index (χ4v) is 2.99. The molecule has 120 valence electrons. The predicted octanol–water partition coefficient (Wildman–Crippen LogP) is 3.09. The van der Waals surface area contributed by atoms with E-state index in [1.807, 2.05) is 35.0 Å². The molecule has 0 unspecified atom stereocenters. The van der Waals surface area contributed by atoms with Crippen LogP contribution in [-0.4, -0.2) is 31.4 Å². The summed E-state index contributed by atoms with van der Waals surface area (Å²) in [6, 6.07) is 12.5. The Labute approximate surface area is 136 Å². The SMILES string of the molecule is O=[N+]([O-])c1ccc2[nH]nc(-c3ccc4c(ccn4CCO)c3)c2c1. The topological polar surface area (TPSA) is 97.0 Å². The third kappa shape index (κ3) is 2.22. The number of nitrogens with one attached hydrogen (secondary N) is 1. The Morgan fingerprint density at radius 3 is 2.88 bits per heavy atom. The summed E-state index contributed by atoms with van der Waals surface area (Å²) in [6.45, 7) is 0.625. The number of aliphatic hydroxyl groups is 1. The summed E-state index contributed by atoms with van der Waals surface area (Å²) >= 11 is 0. The van der Waals surface area contributed by atoms with Crippen LogP contribution in [0, 0.1) is 10.1 Å². The van der Waals surface area contributed by atoms with Crippen LogP contribution in [0.1, 0.15) is 0 Å². The van der Waals surface area contributed by atoms with Gasteiger partial charge in [-0.05, 0) is 24.3 Å². The molecule has 0 spiro atoms. The first-order chi connectivity index (χ1) is 11.7. The van der Waals surface area contributed by atoms with E-state index in [4.69, 9.17) is 5.11 Å². The third-order valence-corrected chi connectivity index (χ3v) is 4.14. The Morgan fingerprint density at radius 2 is 2.08 bits per heavy atom. The minimum atomic E-state index is -0.408. The average Bonchev–Trinajstić information content (AvgIpc) is 3.18. The average molecular weight is 322 g/mol. The van der Waals surface area contributed by atoms with Crippen molar-refractivity contribution in [2.75, 3.05) is 6.61 Å². The number of hydrogen-bond acceptors (Lipinski definition) is 4. The maximum atomic E-state index is 11.0. The van der Waals surface area contributed by atoms with Crippen LogP contribution in [0.2, 0.25) is 0 Å². The van der Waals surface area contributed by atoms with E-state index >= 15 is 0 Å². The summed E-state index contributed by atoms with van der Waals surface area (Å²) < 4.78 is 1.98. The molecule has 0 aliphatic carbocycles. The van der Waals surface area contributed by atoms with E-state index < -0.39 is 4.92 Å². The van der Waals surface area contributed by atoms with Gasteiger partial charge in [0, 0.05) is 46.7 Å². The molecule has 0 amide bonds. The van der Waals surface area contributed by atoms with Gasteiger partial charge in [-0.3, -0.25) is 15.2 Å². The zero-order valence-corrected chi connectivity index (χ0v) is 12.6. The highest BCUT2D eigenvalue weighted by Gasteiger charge is 2.14. The molecule has 4 aromatic rings. The third-order valence-electron chi connectivity index (χ3n) is 4.14. The number of aromatic nitrogens is 3. The summed E-state index contributed by atoms with van der Waals surface area (Å²) in [7, 11) is 0. The molecule has 4 rings (SSSR count). The molecule has 0 aliphatic rings. The lowest BCUT2D eigenvalue weighted by Crippen LogP contribution is -1.99.